The zero-order chi connectivity index (χ0) is 18.2. The summed E-state index contributed by atoms with van der Waals surface area (Å²) in [6, 6.07) is 7.52. The monoisotopic (exact) mass is 365 g/mol. The molecule has 0 N–H and O–H groups in total. The fourth-order valence-electron chi connectivity index (χ4n) is 3.38. The molecule has 0 aliphatic carbocycles. The first-order valence-electron chi connectivity index (χ1n) is 8.08. The second-order valence-electron chi connectivity index (χ2n) is 6.35. The minimum absolute atomic E-state index is 0.0338. The highest BCUT2D eigenvalue weighted by atomic mass is 32.2. The predicted molar refractivity (Wildman–Crippen MR) is 92.4 cm³/mol. The van der Waals surface area contributed by atoms with E-state index in [-0.39, 0.29) is 35.7 Å². The molecule has 134 valence electrons. The zero-order valence-corrected chi connectivity index (χ0v) is 15.0. The number of hydrogen-bond donors (Lipinski definition) is 0. The molecule has 1 unspecified atom stereocenters. The molecular formula is C18H20FNO4S. The Hall–Kier alpha value is -2.15. The predicted octanol–water partition coefficient (Wildman–Crippen LogP) is 2.87. The molecule has 0 spiro atoms. The van der Waals surface area contributed by atoms with Gasteiger partial charge in [-0.05, 0) is 38.5 Å². The van der Waals surface area contributed by atoms with Gasteiger partial charge in [0.25, 0.3) is 0 Å². The number of hydrogen-bond acceptors (Lipinski definition) is 4. The maximum Gasteiger partial charge on any atom is 0.202 e. The van der Waals surface area contributed by atoms with Crippen LogP contribution in [0.15, 0.2) is 30.3 Å². The summed E-state index contributed by atoms with van der Waals surface area (Å²) in [5, 5.41) is 0. The fraction of sp³-hybridized carbons (Fsp3) is 0.389. The van der Waals surface area contributed by atoms with E-state index in [9.17, 15) is 17.6 Å². The topological polar surface area (TPSA) is 65.4 Å². The van der Waals surface area contributed by atoms with E-state index >= 15 is 0 Å². The first-order chi connectivity index (χ1) is 11.8. The van der Waals surface area contributed by atoms with Crippen molar-refractivity contribution in [3.05, 3.63) is 53.1 Å². The fourth-order valence-corrected chi connectivity index (χ4v) is 5.08. The summed E-state index contributed by atoms with van der Waals surface area (Å²) >= 11 is 0. The number of benzene rings is 1. The number of carbonyl (C=O) groups excluding carboxylic acids is 1. The minimum Gasteiger partial charge on any atom is -0.482 e. The number of sulfone groups is 1. The van der Waals surface area contributed by atoms with Crippen molar-refractivity contribution in [2.45, 2.75) is 26.3 Å². The summed E-state index contributed by atoms with van der Waals surface area (Å²) in [7, 11) is -3.01. The van der Waals surface area contributed by atoms with E-state index in [4.69, 9.17) is 4.74 Å². The third-order valence-electron chi connectivity index (χ3n) is 4.55. The van der Waals surface area contributed by atoms with Crippen LogP contribution in [0, 0.1) is 19.7 Å². The van der Waals surface area contributed by atoms with E-state index < -0.39 is 15.7 Å². The molecule has 1 saturated heterocycles. The van der Waals surface area contributed by atoms with Gasteiger partial charge in [0.1, 0.15) is 0 Å². The molecule has 1 aromatic carbocycles. The molecule has 5 nitrogen and oxygen atoms in total. The van der Waals surface area contributed by atoms with Gasteiger partial charge in [0.15, 0.2) is 28.0 Å². The quantitative estimate of drug-likeness (QED) is 0.764. The van der Waals surface area contributed by atoms with Crippen molar-refractivity contribution in [2.24, 2.45) is 0 Å². The molecule has 1 aliphatic rings. The summed E-state index contributed by atoms with van der Waals surface area (Å²) in [5.74, 6) is -0.469. The number of nitrogens with zero attached hydrogens (tertiary/aromatic N) is 1. The SMILES string of the molecule is Cc1cc(C(=O)COc2ccccc2F)c(C)n1C1CCS(=O)(=O)C1. The van der Waals surface area contributed by atoms with Crippen molar-refractivity contribution in [3.63, 3.8) is 0 Å². The molecule has 0 bridgehead atoms. The number of Topliss-reactive ketones (excluding diaryl/α,β-unsaturated/α-hetero) is 1. The molecule has 7 heteroatoms. The summed E-state index contributed by atoms with van der Waals surface area (Å²) in [6.07, 6.45) is 0.554. The van der Waals surface area contributed by atoms with E-state index in [0.29, 0.717) is 12.0 Å². The smallest absolute Gasteiger partial charge is 0.202 e. The summed E-state index contributed by atoms with van der Waals surface area (Å²) < 4.78 is 44.2. The summed E-state index contributed by atoms with van der Waals surface area (Å²) in [4.78, 5) is 12.5. The molecule has 2 heterocycles. The summed E-state index contributed by atoms with van der Waals surface area (Å²) in [6.45, 7) is 3.38. The van der Waals surface area contributed by atoms with Gasteiger partial charge in [-0.15, -0.1) is 0 Å². The number of rotatable bonds is 5. The van der Waals surface area contributed by atoms with Crippen molar-refractivity contribution >= 4 is 15.6 Å². The number of ketones is 1. The molecule has 0 amide bonds. The molecular weight excluding hydrogens is 345 g/mol. The number of carbonyl (C=O) groups is 1. The molecule has 1 aliphatic heterocycles. The number of ether oxygens (including phenoxy) is 1. The molecule has 0 saturated carbocycles. The van der Waals surface area contributed by atoms with Crippen molar-refractivity contribution in [3.8, 4) is 5.75 Å². The van der Waals surface area contributed by atoms with Crippen LogP contribution in [0.3, 0.4) is 0 Å². The molecule has 3 rings (SSSR count). The standard InChI is InChI=1S/C18H20FNO4S/c1-12-9-15(13(2)20(12)14-7-8-25(22,23)11-14)17(21)10-24-18-6-4-3-5-16(18)19/h3-6,9,14H,7-8,10-11H2,1-2H3. The van der Waals surface area contributed by atoms with Gasteiger partial charge in [0, 0.05) is 23.0 Å². The van der Waals surface area contributed by atoms with Gasteiger partial charge >= 0.3 is 0 Å². The maximum atomic E-state index is 13.6. The zero-order valence-electron chi connectivity index (χ0n) is 14.2. The Morgan fingerprint density at radius 2 is 2.04 bits per heavy atom. The van der Waals surface area contributed by atoms with Gasteiger partial charge < -0.3 is 9.30 Å². The molecule has 1 aromatic heterocycles. The van der Waals surface area contributed by atoms with Crippen LogP contribution in [0.2, 0.25) is 0 Å². The lowest BCUT2D eigenvalue weighted by molar-refractivity contribution is 0.0918. The van der Waals surface area contributed by atoms with E-state index in [1.54, 1.807) is 25.1 Å². The number of aryl methyl sites for hydroxylation is 1. The number of halogens is 1. The van der Waals surface area contributed by atoms with Gasteiger partial charge in [0.2, 0.25) is 5.78 Å². The van der Waals surface area contributed by atoms with Gasteiger partial charge in [0.05, 0.1) is 11.5 Å². The maximum absolute atomic E-state index is 13.6. The Bertz CT molecular complexity index is 917. The number of para-hydroxylation sites is 1. The van der Waals surface area contributed by atoms with Crippen LogP contribution in [-0.4, -0.2) is 36.9 Å². The normalized spacial score (nSPS) is 19.1. The van der Waals surface area contributed by atoms with Crippen LogP contribution >= 0.6 is 0 Å². The molecule has 25 heavy (non-hydrogen) atoms. The second kappa shape index (κ2) is 6.63. The minimum atomic E-state index is -3.01. The third kappa shape index (κ3) is 3.61. The molecule has 1 atom stereocenters. The van der Waals surface area contributed by atoms with Crippen LogP contribution in [0.5, 0.6) is 5.75 Å². The lowest BCUT2D eigenvalue weighted by atomic mass is 10.1. The van der Waals surface area contributed by atoms with E-state index in [1.807, 2.05) is 11.5 Å². The third-order valence-corrected chi connectivity index (χ3v) is 6.30. The second-order valence-corrected chi connectivity index (χ2v) is 8.58. The van der Waals surface area contributed by atoms with Crippen molar-refractivity contribution in [2.75, 3.05) is 18.1 Å². The largest absolute Gasteiger partial charge is 0.482 e. The Morgan fingerprint density at radius 1 is 1.32 bits per heavy atom. The van der Waals surface area contributed by atoms with Crippen LogP contribution in [-0.2, 0) is 9.84 Å². The van der Waals surface area contributed by atoms with E-state index in [1.165, 1.54) is 12.1 Å². The lowest BCUT2D eigenvalue weighted by Gasteiger charge is -2.16. The Labute approximate surface area is 146 Å². The average Bonchev–Trinajstić information content (AvgIpc) is 3.05. The Balaban J connectivity index is 1.78. The van der Waals surface area contributed by atoms with Crippen molar-refractivity contribution < 1.29 is 22.3 Å². The first-order valence-corrected chi connectivity index (χ1v) is 9.90. The number of aromatic nitrogens is 1. The molecule has 0 radical (unpaired) electrons. The first kappa shape index (κ1) is 17.7. The van der Waals surface area contributed by atoms with Gasteiger partial charge in [-0.3, -0.25) is 4.79 Å². The highest BCUT2D eigenvalue weighted by molar-refractivity contribution is 7.91. The Morgan fingerprint density at radius 3 is 2.68 bits per heavy atom. The van der Waals surface area contributed by atoms with Crippen LogP contribution in [0.25, 0.3) is 0 Å². The van der Waals surface area contributed by atoms with Gasteiger partial charge in [-0.2, -0.15) is 0 Å². The summed E-state index contributed by atoms with van der Waals surface area (Å²) in [5.41, 5.74) is 2.05. The Kier molecular flexibility index (Phi) is 4.69. The van der Waals surface area contributed by atoms with E-state index in [2.05, 4.69) is 0 Å². The highest BCUT2D eigenvalue weighted by Gasteiger charge is 2.31. The van der Waals surface area contributed by atoms with E-state index in [0.717, 1.165) is 11.4 Å². The van der Waals surface area contributed by atoms with Gasteiger partial charge in [-0.25, -0.2) is 12.8 Å². The molecule has 2 aromatic rings. The lowest BCUT2D eigenvalue weighted by Crippen LogP contribution is -2.16. The van der Waals surface area contributed by atoms with Crippen LogP contribution < -0.4 is 4.74 Å². The van der Waals surface area contributed by atoms with Crippen molar-refractivity contribution in [1.82, 2.24) is 4.57 Å². The van der Waals surface area contributed by atoms with Crippen LogP contribution in [0.1, 0.15) is 34.2 Å². The average molecular weight is 365 g/mol. The van der Waals surface area contributed by atoms with Crippen LogP contribution in [0.4, 0.5) is 4.39 Å². The molecule has 1 fully saturated rings. The van der Waals surface area contributed by atoms with Crippen molar-refractivity contribution in [1.29, 1.82) is 0 Å². The van der Waals surface area contributed by atoms with Gasteiger partial charge in [-0.1, -0.05) is 12.1 Å². The highest BCUT2D eigenvalue weighted by Crippen LogP contribution is 2.29.